The van der Waals surface area contributed by atoms with Gasteiger partial charge in [0.05, 0.1) is 11.1 Å². The Morgan fingerprint density at radius 3 is 2.64 bits per heavy atom. The summed E-state index contributed by atoms with van der Waals surface area (Å²) in [4.78, 5) is 16.0. The Kier molecular flexibility index (Phi) is 4.44. The van der Waals surface area contributed by atoms with Gasteiger partial charge in [-0.1, -0.05) is 13.0 Å². The van der Waals surface area contributed by atoms with Crippen LogP contribution in [-0.2, 0) is 12.6 Å². The molecule has 116 valence electrons. The van der Waals surface area contributed by atoms with Crippen LogP contribution in [-0.4, -0.2) is 10.9 Å². The van der Waals surface area contributed by atoms with E-state index in [4.69, 9.17) is 0 Å². The van der Waals surface area contributed by atoms with E-state index in [1.807, 2.05) is 6.92 Å². The molecule has 1 heterocycles. The van der Waals surface area contributed by atoms with Crippen molar-refractivity contribution in [3.63, 3.8) is 0 Å². The van der Waals surface area contributed by atoms with Crippen LogP contribution < -0.4 is 5.32 Å². The smallest absolute Gasteiger partial charge is 0.306 e. The van der Waals surface area contributed by atoms with E-state index in [1.54, 1.807) is 12.1 Å². The van der Waals surface area contributed by atoms with Gasteiger partial charge in [0.15, 0.2) is 0 Å². The van der Waals surface area contributed by atoms with Crippen LogP contribution in [0.15, 0.2) is 36.5 Å². The van der Waals surface area contributed by atoms with Gasteiger partial charge in [-0.2, -0.15) is 13.2 Å². The summed E-state index contributed by atoms with van der Waals surface area (Å²) in [6, 6.07) is 5.07. The maximum Gasteiger partial charge on any atom is 0.416 e. The molecule has 7 heteroatoms. The zero-order valence-corrected chi connectivity index (χ0v) is 11.5. The van der Waals surface area contributed by atoms with Crippen molar-refractivity contribution in [1.29, 1.82) is 0 Å². The lowest BCUT2D eigenvalue weighted by molar-refractivity contribution is -0.137. The summed E-state index contributed by atoms with van der Waals surface area (Å²) in [7, 11) is 0. The maximum atomic E-state index is 13.6. The third kappa shape index (κ3) is 3.41. The van der Waals surface area contributed by atoms with Gasteiger partial charge in [-0.05, 0) is 36.2 Å². The highest BCUT2D eigenvalue weighted by atomic mass is 19.4. The van der Waals surface area contributed by atoms with Crippen LogP contribution in [0.1, 0.15) is 28.4 Å². The zero-order chi connectivity index (χ0) is 16.3. The molecule has 2 rings (SSSR count). The van der Waals surface area contributed by atoms with Gasteiger partial charge in [-0.3, -0.25) is 4.79 Å². The van der Waals surface area contributed by atoms with Crippen molar-refractivity contribution in [2.75, 3.05) is 5.32 Å². The summed E-state index contributed by atoms with van der Waals surface area (Å²) < 4.78 is 51.6. The van der Waals surface area contributed by atoms with Crippen LogP contribution in [0.4, 0.5) is 23.4 Å². The molecule has 1 N–H and O–H groups in total. The van der Waals surface area contributed by atoms with Crippen LogP contribution in [0.3, 0.4) is 0 Å². The number of halogens is 4. The number of nitrogens with zero attached hydrogens (tertiary/aromatic N) is 1. The predicted molar refractivity (Wildman–Crippen MR) is 73.0 cm³/mol. The molecule has 0 aliphatic heterocycles. The van der Waals surface area contributed by atoms with Crippen molar-refractivity contribution in [3.05, 3.63) is 59.0 Å². The minimum atomic E-state index is -4.65. The maximum absolute atomic E-state index is 13.6. The van der Waals surface area contributed by atoms with E-state index < -0.39 is 29.0 Å². The average Bonchev–Trinajstić information content (AvgIpc) is 2.47. The van der Waals surface area contributed by atoms with Gasteiger partial charge in [-0.25, -0.2) is 9.37 Å². The molecule has 1 amide bonds. The first-order valence-electron chi connectivity index (χ1n) is 6.45. The Morgan fingerprint density at radius 2 is 2.00 bits per heavy atom. The van der Waals surface area contributed by atoms with Gasteiger partial charge in [-0.15, -0.1) is 0 Å². The van der Waals surface area contributed by atoms with Crippen molar-refractivity contribution in [1.82, 2.24) is 4.98 Å². The number of pyridine rings is 1. The summed E-state index contributed by atoms with van der Waals surface area (Å²) >= 11 is 0. The highest BCUT2D eigenvalue weighted by molar-refractivity contribution is 6.04. The van der Waals surface area contributed by atoms with Gasteiger partial charge in [0.25, 0.3) is 5.91 Å². The SMILES string of the molecule is CCc1cccnc1NC(=O)c1cc(C(F)(F)F)ccc1F. The Labute approximate surface area is 124 Å². The quantitative estimate of drug-likeness (QED) is 0.869. The lowest BCUT2D eigenvalue weighted by Crippen LogP contribution is -2.17. The van der Waals surface area contributed by atoms with Crippen LogP contribution >= 0.6 is 0 Å². The standard InChI is InChI=1S/C15H12F4N2O/c1-2-9-4-3-7-20-13(9)21-14(22)11-8-10(15(17,18)19)5-6-12(11)16/h3-8H,2H2,1H3,(H,20,21,22). The van der Waals surface area contributed by atoms with Gasteiger partial charge in [0.2, 0.25) is 0 Å². The summed E-state index contributed by atoms with van der Waals surface area (Å²) in [6.45, 7) is 1.83. The largest absolute Gasteiger partial charge is 0.416 e. The predicted octanol–water partition coefficient (Wildman–Crippen LogP) is 4.05. The van der Waals surface area contributed by atoms with Crippen molar-refractivity contribution in [3.8, 4) is 0 Å². The number of nitrogens with one attached hydrogen (secondary N) is 1. The fourth-order valence-corrected chi connectivity index (χ4v) is 1.89. The fourth-order valence-electron chi connectivity index (χ4n) is 1.89. The average molecular weight is 312 g/mol. The zero-order valence-electron chi connectivity index (χ0n) is 11.5. The molecule has 3 nitrogen and oxygen atoms in total. The number of hydrogen-bond donors (Lipinski definition) is 1. The molecule has 0 saturated heterocycles. The molecule has 0 aliphatic carbocycles. The number of alkyl halides is 3. The number of carbonyl (C=O) groups excluding carboxylic acids is 1. The molecule has 0 saturated carbocycles. The summed E-state index contributed by atoms with van der Waals surface area (Å²) in [5.74, 6) is -1.80. The van der Waals surface area contributed by atoms with E-state index in [0.717, 1.165) is 0 Å². The number of hydrogen-bond acceptors (Lipinski definition) is 2. The van der Waals surface area contributed by atoms with E-state index in [9.17, 15) is 22.4 Å². The first-order chi connectivity index (χ1) is 10.3. The first kappa shape index (κ1) is 15.9. The highest BCUT2D eigenvalue weighted by Crippen LogP contribution is 2.30. The van der Waals surface area contributed by atoms with Crippen LogP contribution in [0.2, 0.25) is 0 Å². The molecular formula is C15H12F4N2O. The summed E-state index contributed by atoms with van der Waals surface area (Å²) in [5, 5.41) is 2.34. The lowest BCUT2D eigenvalue weighted by atomic mass is 10.1. The molecule has 0 aliphatic rings. The molecule has 0 unspecified atom stereocenters. The fraction of sp³-hybridized carbons (Fsp3) is 0.200. The van der Waals surface area contributed by atoms with Crippen molar-refractivity contribution >= 4 is 11.7 Å². The van der Waals surface area contributed by atoms with Crippen LogP contribution in [0.5, 0.6) is 0 Å². The lowest BCUT2D eigenvalue weighted by Gasteiger charge is -2.11. The van der Waals surface area contributed by atoms with E-state index in [1.165, 1.54) is 6.20 Å². The Bertz CT molecular complexity index is 698. The topological polar surface area (TPSA) is 42.0 Å². The molecule has 0 atom stereocenters. The van der Waals surface area contributed by atoms with Crippen LogP contribution in [0, 0.1) is 5.82 Å². The minimum Gasteiger partial charge on any atom is -0.306 e. The molecule has 0 spiro atoms. The molecule has 0 radical (unpaired) electrons. The molecule has 22 heavy (non-hydrogen) atoms. The molecule has 1 aromatic heterocycles. The van der Waals surface area contributed by atoms with E-state index >= 15 is 0 Å². The normalized spacial score (nSPS) is 11.3. The van der Waals surface area contributed by atoms with Gasteiger partial charge in [0.1, 0.15) is 11.6 Å². The second-order valence-corrected chi connectivity index (χ2v) is 4.51. The van der Waals surface area contributed by atoms with Crippen molar-refractivity contribution in [2.45, 2.75) is 19.5 Å². The Hall–Kier alpha value is -2.44. The number of amides is 1. The minimum absolute atomic E-state index is 0.201. The third-order valence-corrected chi connectivity index (χ3v) is 3.04. The molecule has 0 fully saturated rings. The molecule has 1 aromatic carbocycles. The monoisotopic (exact) mass is 312 g/mol. The highest BCUT2D eigenvalue weighted by Gasteiger charge is 2.32. The number of aryl methyl sites for hydroxylation is 1. The second kappa shape index (κ2) is 6.13. The Morgan fingerprint density at radius 1 is 1.27 bits per heavy atom. The van der Waals surface area contributed by atoms with Crippen molar-refractivity contribution < 1.29 is 22.4 Å². The van der Waals surface area contributed by atoms with Gasteiger partial charge in [0, 0.05) is 6.20 Å². The summed E-state index contributed by atoms with van der Waals surface area (Å²) in [6.07, 6.45) is -2.66. The number of benzene rings is 1. The number of carbonyl (C=O) groups is 1. The molecular weight excluding hydrogens is 300 g/mol. The number of aromatic nitrogens is 1. The summed E-state index contributed by atoms with van der Waals surface area (Å²) in [5.41, 5.74) is -1.07. The van der Waals surface area contributed by atoms with Crippen LogP contribution in [0.25, 0.3) is 0 Å². The molecule has 2 aromatic rings. The number of anilines is 1. The molecule has 0 bridgehead atoms. The van der Waals surface area contributed by atoms with Crippen molar-refractivity contribution in [2.24, 2.45) is 0 Å². The van der Waals surface area contributed by atoms with E-state index in [-0.39, 0.29) is 5.82 Å². The second-order valence-electron chi connectivity index (χ2n) is 4.51. The third-order valence-electron chi connectivity index (χ3n) is 3.04. The number of rotatable bonds is 3. The van der Waals surface area contributed by atoms with Gasteiger partial charge >= 0.3 is 6.18 Å². The first-order valence-corrected chi connectivity index (χ1v) is 6.45. The van der Waals surface area contributed by atoms with E-state index in [2.05, 4.69) is 10.3 Å². The van der Waals surface area contributed by atoms with Gasteiger partial charge < -0.3 is 5.32 Å². The Balaban J connectivity index is 2.33. The van der Waals surface area contributed by atoms with E-state index in [0.29, 0.717) is 30.2 Å².